The molecule has 194 valence electrons. The first-order valence-corrected chi connectivity index (χ1v) is 13.6. The zero-order valence-corrected chi connectivity index (χ0v) is 22.4. The third-order valence-corrected chi connectivity index (χ3v) is 7.77. The number of sulfonamides is 1. The van der Waals surface area contributed by atoms with Crippen molar-refractivity contribution in [2.75, 3.05) is 53.6 Å². The Balaban J connectivity index is 1.66. The molecule has 0 aliphatic heterocycles. The van der Waals surface area contributed by atoms with Crippen molar-refractivity contribution in [2.45, 2.75) is 37.3 Å². The van der Waals surface area contributed by atoms with Crippen molar-refractivity contribution in [3.63, 3.8) is 0 Å². The molecule has 0 fully saturated rings. The van der Waals surface area contributed by atoms with Gasteiger partial charge in [-0.05, 0) is 86.9 Å². The van der Waals surface area contributed by atoms with Gasteiger partial charge in [0.25, 0.3) is 0 Å². The number of benzene rings is 2. The molecule has 1 aliphatic carbocycles. The normalized spacial score (nSPS) is 17.7. The molecular formula is C25H36ClN3O5S. The minimum atomic E-state index is -3.67. The van der Waals surface area contributed by atoms with Gasteiger partial charge in [-0.15, -0.1) is 0 Å². The zero-order valence-electron chi connectivity index (χ0n) is 20.8. The maximum Gasteiger partial charge on any atom is 0.240 e. The molecule has 0 spiro atoms. The van der Waals surface area contributed by atoms with Crippen LogP contribution >= 0.6 is 11.6 Å². The van der Waals surface area contributed by atoms with Crippen molar-refractivity contribution >= 4 is 21.6 Å². The summed E-state index contributed by atoms with van der Waals surface area (Å²) in [4.78, 5) is 2.34. The topological polar surface area (TPSA) is 103 Å². The number of ether oxygens (including phenoxy) is 3. The molecule has 0 heterocycles. The first-order chi connectivity index (χ1) is 16.6. The van der Waals surface area contributed by atoms with E-state index in [0.29, 0.717) is 37.1 Å². The van der Waals surface area contributed by atoms with Crippen molar-refractivity contribution in [3.8, 4) is 5.75 Å². The van der Waals surface area contributed by atoms with Gasteiger partial charge in [-0.1, -0.05) is 11.6 Å². The summed E-state index contributed by atoms with van der Waals surface area (Å²) in [6.45, 7) is 6.08. The standard InChI is InChI=1S/C25H36ClN3O5S/c1-17-13-19(26)15-22-21(17)16-23(29(3)4)25(22)34-24-6-5-20(14-18(24)2)35(30,31)28-8-10-33-12-11-32-9-7-27/h5-6,13-15,23,25,28H,7-12,16,27H2,1-4H3/t23-,25-/m0/s1. The molecule has 0 radical (unpaired) electrons. The lowest BCUT2D eigenvalue weighted by Crippen LogP contribution is -2.34. The molecule has 0 amide bonds. The van der Waals surface area contributed by atoms with E-state index in [-0.39, 0.29) is 30.2 Å². The van der Waals surface area contributed by atoms with Crippen molar-refractivity contribution in [1.29, 1.82) is 0 Å². The van der Waals surface area contributed by atoms with Crippen molar-refractivity contribution in [2.24, 2.45) is 5.73 Å². The lowest BCUT2D eigenvalue weighted by Gasteiger charge is -2.28. The van der Waals surface area contributed by atoms with Crippen molar-refractivity contribution in [3.05, 3.63) is 57.6 Å². The number of likely N-dealkylation sites (N-methyl/N-ethyl adjacent to an activating group) is 1. The SMILES string of the molecule is Cc1cc(S(=O)(=O)NCCOCCOCCN)ccc1O[C@H]1c2cc(Cl)cc(C)c2C[C@@H]1N(C)C. The number of rotatable bonds is 13. The number of hydrogen-bond acceptors (Lipinski definition) is 7. The van der Waals surface area contributed by atoms with Crippen molar-refractivity contribution in [1.82, 2.24) is 9.62 Å². The first kappa shape index (κ1) is 27.9. The number of aryl methyl sites for hydroxylation is 2. The lowest BCUT2D eigenvalue weighted by atomic mass is 10.0. The predicted octanol–water partition coefficient (Wildman–Crippen LogP) is 2.83. The van der Waals surface area contributed by atoms with E-state index in [1.165, 1.54) is 5.56 Å². The lowest BCUT2D eigenvalue weighted by molar-refractivity contribution is 0.0530. The smallest absolute Gasteiger partial charge is 0.240 e. The van der Waals surface area contributed by atoms with E-state index in [9.17, 15) is 8.42 Å². The van der Waals surface area contributed by atoms with Gasteiger partial charge in [0.2, 0.25) is 10.0 Å². The summed E-state index contributed by atoms with van der Waals surface area (Å²) >= 11 is 6.35. The molecule has 3 rings (SSSR count). The van der Waals surface area contributed by atoms with E-state index < -0.39 is 10.0 Å². The highest BCUT2D eigenvalue weighted by Crippen LogP contribution is 2.41. The van der Waals surface area contributed by atoms with Crippen molar-refractivity contribution < 1.29 is 22.6 Å². The van der Waals surface area contributed by atoms with Gasteiger partial charge in [0.15, 0.2) is 0 Å². The summed E-state index contributed by atoms with van der Waals surface area (Å²) in [5.41, 5.74) is 9.58. The van der Waals surface area contributed by atoms with Crippen LogP contribution in [0.4, 0.5) is 0 Å². The van der Waals surface area contributed by atoms with E-state index in [1.807, 2.05) is 33.2 Å². The summed E-state index contributed by atoms with van der Waals surface area (Å²) in [7, 11) is 0.402. The molecule has 35 heavy (non-hydrogen) atoms. The molecule has 3 N–H and O–H groups in total. The Kier molecular flexibility index (Phi) is 9.94. The molecule has 2 aromatic carbocycles. The molecule has 10 heteroatoms. The van der Waals surface area contributed by atoms with Crippen LogP contribution < -0.4 is 15.2 Å². The fourth-order valence-electron chi connectivity index (χ4n) is 4.25. The first-order valence-electron chi connectivity index (χ1n) is 11.7. The Morgan fingerprint density at radius 3 is 2.43 bits per heavy atom. The Labute approximate surface area is 213 Å². The highest BCUT2D eigenvalue weighted by Gasteiger charge is 2.37. The maximum absolute atomic E-state index is 12.7. The molecule has 0 aromatic heterocycles. The van der Waals surface area contributed by atoms with Crippen LogP contribution in [0.5, 0.6) is 5.75 Å². The van der Waals surface area contributed by atoms with Crippen LogP contribution in [0.1, 0.15) is 28.4 Å². The average Bonchev–Trinajstić information content (AvgIpc) is 3.15. The summed E-state index contributed by atoms with van der Waals surface area (Å²) in [5.74, 6) is 0.645. The van der Waals surface area contributed by atoms with Crippen LogP contribution in [0.3, 0.4) is 0 Å². The van der Waals surface area contributed by atoms with Crippen LogP contribution in [-0.2, 0) is 25.9 Å². The van der Waals surface area contributed by atoms with Gasteiger partial charge in [0.1, 0.15) is 11.9 Å². The molecule has 0 saturated carbocycles. The number of nitrogens with zero attached hydrogens (tertiary/aromatic N) is 1. The Hall–Kier alpha value is -1.72. The Morgan fingerprint density at radius 2 is 1.77 bits per heavy atom. The van der Waals surface area contributed by atoms with E-state index in [2.05, 4.69) is 16.5 Å². The maximum atomic E-state index is 12.7. The van der Waals surface area contributed by atoms with Gasteiger partial charge in [0.05, 0.1) is 37.4 Å². The summed E-state index contributed by atoms with van der Waals surface area (Å²) in [6, 6.07) is 9.01. The van der Waals surface area contributed by atoms with E-state index >= 15 is 0 Å². The molecule has 2 atom stereocenters. The third kappa shape index (κ3) is 7.16. The molecule has 2 aromatic rings. The number of halogens is 1. The van der Waals surface area contributed by atoms with Crippen LogP contribution in [-0.4, -0.2) is 73.0 Å². The highest BCUT2D eigenvalue weighted by atomic mass is 35.5. The largest absolute Gasteiger partial charge is 0.484 e. The third-order valence-electron chi connectivity index (χ3n) is 6.09. The molecule has 0 saturated heterocycles. The number of nitrogens with two attached hydrogens (primary N) is 1. The molecule has 1 aliphatic rings. The van der Waals surface area contributed by atoms with Crippen LogP contribution in [0.2, 0.25) is 5.02 Å². The van der Waals surface area contributed by atoms with Crippen LogP contribution in [0.25, 0.3) is 0 Å². The van der Waals surface area contributed by atoms with Gasteiger partial charge in [-0.2, -0.15) is 0 Å². The van der Waals surface area contributed by atoms with Crippen LogP contribution in [0.15, 0.2) is 35.2 Å². The van der Waals surface area contributed by atoms with Gasteiger partial charge in [-0.25, -0.2) is 13.1 Å². The number of hydrogen-bond donors (Lipinski definition) is 2. The Bertz CT molecular complexity index is 1110. The highest BCUT2D eigenvalue weighted by molar-refractivity contribution is 7.89. The van der Waals surface area contributed by atoms with Gasteiger partial charge < -0.3 is 24.8 Å². The minimum absolute atomic E-state index is 0.146. The zero-order chi connectivity index (χ0) is 25.6. The number of nitrogens with one attached hydrogen (secondary N) is 1. The fourth-order valence-corrected chi connectivity index (χ4v) is 5.62. The quantitative estimate of drug-likeness (QED) is 0.387. The van der Waals surface area contributed by atoms with E-state index in [0.717, 1.165) is 23.1 Å². The summed E-state index contributed by atoms with van der Waals surface area (Å²) < 4.78 is 45.1. The molecule has 8 nitrogen and oxygen atoms in total. The second-order valence-corrected chi connectivity index (χ2v) is 11.1. The molecule has 0 unspecified atom stereocenters. The van der Waals surface area contributed by atoms with Gasteiger partial charge in [-0.3, -0.25) is 0 Å². The average molecular weight is 526 g/mol. The summed E-state index contributed by atoms with van der Waals surface area (Å²) in [5, 5.41) is 0.686. The van der Waals surface area contributed by atoms with Crippen LogP contribution in [0, 0.1) is 13.8 Å². The van der Waals surface area contributed by atoms with E-state index in [4.69, 9.17) is 31.5 Å². The second kappa shape index (κ2) is 12.5. The Morgan fingerprint density at radius 1 is 1.06 bits per heavy atom. The monoisotopic (exact) mass is 525 g/mol. The molecule has 0 bridgehead atoms. The molecular weight excluding hydrogens is 490 g/mol. The summed E-state index contributed by atoms with van der Waals surface area (Å²) in [6.07, 6.45) is 0.662. The second-order valence-electron chi connectivity index (χ2n) is 8.90. The van der Waals surface area contributed by atoms with Gasteiger partial charge in [0, 0.05) is 18.1 Å². The fraction of sp³-hybridized carbons (Fsp3) is 0.520. The number of fused-ring (bicyclic) bond motifs is 1. The predicted molar refractivity (Wildman–Crippen MR) is 138 cm³/mol. The van der Waals surface area contributed by atoms with Gasteiger partial charge >= 0.3 is 0 Å². The van der Waals surface area contributed by atoms with E-state index in [1.54, 1.807) is 18.2 Å². The minimum Gasteiger partial charge on any atom is -0.484 e.